The molecule has 96 valence electrons. The van der Waals surface area contributed by atoms with Gasteiger partial charge in [0.15, 0.2) is 0 Å². The molecule has 0 aliphatic rings. The number of fused-ring (bicyclic) bond motifs is 1. The summed E-state index contributed by atoms with van der Waals surface area (Å²) in [6, 6.07) is 9.50. The lowest BCUT2D eigenvalue weighted by atomic mass is 10.1. The van der Waals surface area contributed by atoms with E-state index < -0.39 is 6.10 Å². The predicted octanol–water partition coefficient (Wildman–Crippen LogP) is 1.64. The van der Waals surface area contributed by atoms with Crippen molar-refractivity contribution in [1.82, 2.24) is 19.7 Å². The van der Waals surface area contributed by atoms with Crippen molar-refractivity contribution in [2.24, 2.45) is 7.05 Å². The van der Waals surface area contributed by atoms with E-state index in [1.54, 1.807) is 10.9 Å². The molecule has 0 radical (unpaired) electrons. The summed E-state index contributed by atoms with van der Waals surface area (Å²) < 4.78 is 1.72. The minimum absolute atomic E-state index is 0.438. The Labute approximate surface area is 110 Å². The van der Waals surface area contributed by atoms with E-state index in [1.807, 2.05) is 43.6 Å². The molecule has 1 N–H and O–H groups in total. The number of benzene rings is 1. The molecule has 0 aliphatic carbocycles. The SMILES string of the molecule is Cn1ccc(CC(O)c2cnc3ccccc3n2)n1. The van der Waals surface area contributed by atoms with Crippen molar-refractivity contribution in [2.75, 3.05) is 0 Å². The van der Waals surface area contributed by atoms with Gasteiger partial charge in [-0.05, 0) is 18.2 Å². The van der Waals surface area contributed by atoms with Crippen LogP contribution in [0.5, 0.6) is 0 Å². The molecule has 0 aliphatic heterocycles. The Balaban J connectivity index is 1.86. The van der Waals surface area contributed by atoms with Gasteiger partial charge < -0.3 is 5.11 Å². The van der Waals surface area contributed by atoms with E-state index in [-0.39, 0.29) is 0 Å². The maximum absolute atomic E-state index is 10.2. The number of para-hydroxylation sites is 2. The zero-order chi connectivity index (χ0) is 13.2. The topological polar surface area (TPSA) is 63.8 Å². The Bertz CT molecular complexity index is 707. The molecule has 1 atom stereocenters. The van der Waals surface area contributed by atoms with Crippen LogP contribution < -0.4 is 0 Å². The Hall–Kier alpha value is -2.27. The van der Waals surface area contributed by atoms with Gasteiger partial charge in [-0.2, -0.15) is 5.10 Å². The van der Waals surface area contributed by atoms with Gasteiger partial charge >= 0.3 is 0 Å². The largest absolute Gasteiger partial charge is 0.386 e. The van der Waals surface area contributed by atoms with Gasteiger partial charge in [-0.3, -0.25) is 9.67 Å². The molecule has 0 spiro atoms. The first-order chi connectivity index (χ1) is 9.22. The molecule has 5 heteroatoms. The van der Waals surface area contributed by atoms with Crippen LogP contribution in [-0.4, -0.2) is 24.9 Å². The Morgan fingerprint density at radius 2 is 2.00 bits per heavy atom. The summed E-state index contributed by atoms with van der Waals surface area (Å²) in [5, 5.41) is 14.4. The molecule has 2 heterocycles. The summed E-state index contributed by atoms with van der Waals surface area (Å²) in [5.74, 6) is 0. The smallest absolute Gasteiger partial charge is 0.103 e. The minimum Gasteiger partial charge on any atom is -0.386 e. The molecule has 3 rings (SSSR count). The highest BCUT2D eigenvalue weighted by atomic mass is 16.3. The van der Waals surface area contributed by atoms with E-state index in [4.69, 9.17) is 0 Å². The van der Waals surface area contributed by atoms with Gasteiger partial charge in [0.2, 0.25) is 0 Å². The third kappa shape index (κ3) is 2.46. The molecule has 0 saturated carbocycles. The fourth-order valence-corrected chi connectivity index (χ4v) is 2.01. The molecule has 0 bridgehead atoms. The third-order valence-electron chi connectivity index (χ3n) is 2.98. The highest BCUT2D eigenvalue weighted by Crippen LogP contribution is 2.17. The van der Waals surface area contributed by atoms with Crippen molar-refractivity contribution in [3.8, 4) is 0 Å². The maximum Gasteiger partial charge on any atom is 0.103 e. The lowest BCUT2D eigenvalue weighted by molar-refractivity contribution is 0.172. The molecule has 0 amide bonds. The van der Waals surface area contributed by atoms with Crippen molar-refractivity contribution in [1.29, 1.82) is 0 Å². The summed E-state index contributed by atoms with van der Waals surface area (Å²) in [6.07, 6.45) is 3.23. The first kappa shape index (κ1) is 11.8. The molecule has 2 aromatic heterocycles. The summed E-state index contributed by atoms with van der Waals surface area (Å²) >= 11 is 0. The fraction of sp³-hybridized carbons (Fsp3) is 0.214. The van der Waals surface area contributed by atoms with Gasteiger partial charge in [-0.25, -0.2) is 4.98 Å². The van der Waals surface area contributed by atoms with Gasteiger partial charge in [0.1, 0.15) is 6.10 Å². The van der Waals surface area contributed by atoms with Gasteiger partial charge in [0.05, 0.1) is 28.6 Å². The number of aliphatic hydroxyl groups excluding tert-OH is 1. The maximum atomic E-state index is 10.2. The number of aliphatic hydroxyl groups is 1. The predicted molar refractivity (Wildman–Crippen MR) is 71.4 cm³/mol. The molecule has 5 nitrogen and oxygen atoms in total. The molecular formula is C14H14N4O. The molecule has 0 saturated heterocycles. The van der Waals surface area contributed by atoms with E-state index in [9.17, 15) is 5.11 Å². The highest BCUT2D eigenvalue weighted by Gasteiger charge is 2.13. The van der Waals surface area contributed by atoms with Gasteiger partial charge in [0, 0.05) is 19.7 Å². The zero-order valence-corrected chi connectivity index (χ0v) is 10.6. The summed E-state index contributed by atoms with van der Waals surface area (Å²) in [4.78, 5) is 8.73. The second-order valence-electron chi connectivity index (χ2n) is 4.48. The highest BCUT2D eigenvalue weighted by molar-refractivity contribution is 5.73. The van der Waals surface area contributed by atoms with E-state index in [0.717, 1.165) is 16.7 Å². The zero-order valence-electron chi connectivity index (χ0n) is 10.6. The van der Waals surface area contributed by atoms with Crippen molar-refractivity contribution in [3.05, 3.63) is 54.1 Å². The fourth-order valence-electron chi connectivity index (χ4n) is 2.01. The average Bonchev–Trinajstić information content (AvgIpc) is 2.83. The van der Waals surface area contributed by atoms with Crippen molar-refractivity contribution in [3.63, 3.8) is 0 Å². The number of hydrogen-bond donors (Lipinski definition) is 1. The van der Waals surface area contributed by atoms with Crippen molar-refractivity contribution >= 4 is 11.0 Å². The Morgan fingerprint density at radius 3 is 2.74 bits per heavy atom. The number of hydrogen-bond acceptors (Lipinski definition) is 4. The van der Waals surface area contributed by atoms with E-state index in [0.29, 0.717) is 12.1 Å². The van der Waals surface area contributed by atoms with Crippen LogP contribution >= 0.6 is 0 Å². The molecule has 0 fully saturated rings. The van der Waals surface area contributed by atoms with Crippen molar-refractivity contribution in [2.45, 2.75) is 12.5 Å². The first-order valence-corrected chi connectivity index (χ1v) is 6.10. The number of rotatable bonds is 3. The van der Waals surface area contributed by atoms with Crippen LogP contribution in [0.3, 0.4) is 0 Å². The second kappa shape index (κ2) is 4.78. The first-order valence-electron chi connectivity index (χ1n) is 6.10. The summed E-state index contributed by atoms with van der Waals surface area (Å²) in [7, 11) is 1.85. The standard InChI is InChI=1S/C14H14N4O/c1-18-7-6-10(17-18)8-14(19)13-9-15-11-4-2-3-5-12(11)16-13/h2-7,9,14,19H,8H2,1H3. The Kier molecular flexibility index (Phi) is 2.97. The van der Waals surface area contributed by atoms with Crippen LogP contribution in [-0.2, 0) is 13.5 Å². The molecular weight excluding hydrogens is 240 g/mol. The summed E-state index contributed by atoms with van der Waals surface area (Å²) in [6.45, 7) is 0. The molecule has 3 aromatic rings. The molecule has 19 heavy (non-hydrogen) atoms. The summed E-state index contributed by atoms with van der Waals surface area (Å²) in [5.41, 5.74) is 3.03. The van der Waals surface area contributed by atoms with Crippen molar-refractivity contribution < 1.29 is 5.11 Å². The van der Waals surface area contributed by atoms with Gasteiger partial charge in [0.25, 0.3) is 0 Å². The van der Waals surface area contributed by atoms with Crippen LogP contribution in [0, 0.1) is 0 Å². The van der Waals surface area contributed by atoms with E-state index >= 15 is 0 Å². The van der Waals surface area contributed by atoms with Crippen LogP contribution in [0.2, 0.25) is 0 Å². The van der Waals surface area contributed by atoms with Gasteiger partial charge in [-0.15, -0.1) is 0 Å². The average molecular weight is 254 g/mol. The molecule has 1 unspecified atom stereocenters. The third-order valence-corrected chi connectivity index (χ3v) is 2.98. The van der Waals surface area contributed by atoms with Crippen LogP contribution in [0.1, 0.15) is 17.5 Å². The lowest BCUT2D eigenvalue weighted by Gasteiger charge is -2.08. The lowest BCUT2D eigenvalue weighted by Crippen LogP contribution is -2.06. The Morgan fingerprint density at radius 1 is 1.21 bits per heavy atom. The van der Waals surface area contributed by atoms with Crippen LogP contribution in [0.4, 0.5) is 0 Å². The number of nitrogens with zero attached hydrogens (tertiary/aromatic N) is 4. The van der Waals surface area contributed by atoms with E-state index in [2.05, 4.69) is 15.1 Å². The van der Waals surface area contributed by atoms with E-state index in [1.165, 1.54) is 0 Å². The minimum atomic E-state index is -0.688. The second-order valence-corrected chi connectivity index (χ2v) is 4.48. The normalized spacial score (nSPS) is 12.7. The number of aromatic nitrogens is 4. The van der Waals surface area contributed by atoms with Crippen LogP contribution in [0.25, 0.3) is 11.0 Å². The van der Waals surface area contributed by atoms with Gasteiger partial charge in [-0.1, -0.05) is 12.1 Å². The quantitative estimate of drug-likeness (QED) is 0.771. The van der Waals surface area contributed by atoms with Crippen LogP contribution in [0.15, 0.2) is 42.7 Å². The number of aryl methyl sites for hydroxylation is 1. The monoisotopic (exact) mass is 254 g/mol. The molecule has 1 aromatic carbocycles.